The Balaban J connectivity index is 2.48. The van der Waals surface area contributed by atoms with E-state index in [9.17, 15) is 17.6 Å². The number of aromatic nitrogens is 2. The second kappa shape index (κ2) is 4.33. The van der Waals surface area contributed by atoms with Crippen molar-refractivity contribution in [3.8, 4) is 5.69 Å². The Bertz CT molecular complexity index is 809. The van der Waals surface area contributed by atoms with Crippen LogP contribution in [0.1, 0.15) is 5.69 Å². The Labute approximate surface area is 111 Å². The van der Waals surface area contributed by atoms with Gasteiger partial charge in [-0.15, -0.1) is 0 Å². The van der Waals surface area contributed by atoms with Crippen molar-refractivity contribution in [2.45, 2.75) is 6.92 Å². The lowest BCUT2D eigenvalue weighted by molar-refractivity contribution is 0.417. The molecule has 2 nitrogen and oxygen atoms in total. The van der Waals surface area contributed by atoms with Crippen LogP contribution in [0.4, 0.5) is 17.6 Å². The summed E-state index contributed by atoms with van der Waals surface area (Å²) in [6.07, 6.45) is 0. The maximum absolute atomic E-state index is 14.0. The van der Waals surface area contributed by atoms with Crippen LogP contribution in [0.3, 0.4) is 0 Å². The van der Waals surface area contributed by atoms with E-state index in [4.69, 9.17) is 0 Å². The van der Waals surface area contributed by atoms with E-state index in [0.717, 1.165) is 4.68 Å². The summed E-state index contributed by atoms with van der Waals surface area (Å²) in [7, 11) is 0. The Kier molecular flexibility index (Phi) is 2.74. The van der Waals surface area contributed by atoms with E-state index in [1.54, 1.807) is 30.3 Å². The van der Waals surface area contributed by atoms with E-state index < -0.39 is 28.8 Å². The van der Waals surface area contributed by atoms with E-state index in [2.05, 4.69) is 5.10 Å². The normalized spacial score (nSPS) is 11.2. The zero-order valence-electron chi connectivity index (χ0n) is 10.3. The highest BCUT2D eigenvalue weighted by atomic mass is 19.2. The van der Waals surface area contributed by atoms with Crippen LogP contribution in [0.5, 0.6) is 0 Å². The van der Waals surface area contributed by atoms with E-state index in [1.165, 1.54) is 6.92 Å². The van der Waals surface area contributed by atoms with Crippen LogP contribution in [-0.4, -0.2) is 9.78 Å². The van der Waals surface area contributed by atoms with Gasteiger partial charge in [-0.3, -0.25) is 0 Å². The van der Waals surface area contributed by atoms with Crippen molar-refractivity contribution >= 4 is 10.9 Å². The summed E-state index contributed by atoms with van der Waals surface area (Å²) in [5, 5.41) is 3.61. The Hall–Kier alpha value is -2.37. The van der Waals surface area contributed by atoms with E-state index in [-0.39, 0.29) is 11.1 Å². The minimum atomic E-state index is -1.84. The van der Waals surface area contributed by atoms with Gasteiger partial charge in [0.05, 0.1) is 16.8 Å². The molecule has 1 aromatic heterocycles. The molecule has 0 radical (unpaired) electrons. The molecule has 0 aliphatic heterocycles. The number of benzene rings is 2. The first-order chi connectivity index (χ1) is 9.52. The van der Waals surface area contributed by atoms with Crippen LogP contribution < -0.4 is 0 Å². The van der Waals surface area contributed by atoms with Crippen LogP contribution in [0.2, 0.25) is 0 Å². The SMILES string of the molecule is Cc1nn(-c2ccccc2)c2c(F)c(F)c(F)c(F)c12. The largest absolute Gasteiger partial charge is 0.230 e. The number of nitrogens with zero attached hydrogens (tertiary/aromatic N) is 2. The summed E-state index contributed by atoms with van der Waals surface area (Å²) in [6, 6.07) is 8.28. The summed E-state index contributed by atoms with van der Waals surface area (Å²) < 4.78 is 55.5. The summed E-state index contributed by atoms with van der Waals surface area (Å²) in [5.41, 5.74) is 0.0964. The molecule has 20 heavy (non-hydrogen) atoms. The van der Waals surface area contributed by atoms with Crippen molar-refractivity contribution in [3.05, 3.63) is 59.3 Å². The number of hydrogen-bond donors (Lipinski definition) is 0. The standard InChI is InChI=1S/C14H8F4N2/c1-7-9-10(15)11(16)12(17)13(18)14(9)20(19-7)8-5-3-2-4-6-8/h2-6H,1H3. The minimum Gasteiger partial charge on any atom is -0.230 e. The molecule has 0 spiro atoms. The molecule has 0 aliphatic carbocycles. The van der Waals surface area contributed by atoms with E-state index >= 15 is 0 Å². The fourth-order valence-electron chi connectivity index (χ4n) is 2.16. The first-order valence-corrected chi connectivity index (χ1v) is 5.79. The molecule has 0 amide bonds. The van der Waals surface area contributed by atoms with Gasteiger partial charge in [0.15, 0.2) is 23.3 Å². The third kappa shape index (κ3) is 1.61. The van der Waals surface area contributed by atoms with Gasteiger partial charge in [-0.1, -0.05) is 18.2 Å². The van der Waals surface area contributed by atoms with Crippen molar-refractivity contribution in [1.82, 2.24) is 9.78 Å². The van der Waals surface area contributed by atoms with Gasteiger partial charge in [0.2, 0.25) is 0 Å². The first kappa shape index (κ1) is 12.7. The lowest BCUT2D eigenvalue weighted by Crippen LogP contribution is -2.02. The smallest absolute Gasteiger partial charge is 0.199 e. The molecule has 3 rings (SSSR count). The van der Waals surface area contributed by atoms with Gasteiger partial charge in [0, 0.05) is 0 Å². The predicted molar refractivity (Wildman–Crippen MR) is 65.6 cm³/mol. The number of halogens is 4. The van der Waals surface area contributed by atoms with Crippen LogP contribution >= 0.6 is 0 Å². The van der Waals surface area contributed by atoms with Gasteiger partial charge < -0.3 is 0 Å². The molecule has 102 valence electrons. The molecule has 1 heterocycles. The van der Waals surface area contributed by atoms with Crippen molar-refractivity contribution in [1.29, 1.82) is 0 Å². The molecule has 0 bridgehead atoms. The van der Waals surface area contributed by atoms with Gasteiger partial charge >= 0.3 is 0 Å². The highest BCUT2D eigenvalue weighted by Crippen LogP contribution is 2.30. The molecule has 0 aliphatic rings. The molecule has 3 aromatic rings. The van der Waals surface area contributed by atoms with Gasteiger partial charge in [-0.2, -0.15) is 5.10 Å². The summed E-state index contributed by atoms with van der Waals surface area (Å²) in [4.78, 5) is 0. The lowest BCUT2D eigenvalue weighted by atomic mass is 10.1. The highest BCUT2D eigenvalue weighted by Gasteiger charge is 2.26. The van der Waals surface area contributed by atoms with Crippen molar-refractivity contribution in [3.63, 3.8) is 0 Å². The summed E-state index contributed by atoms with van der Waals surface area (Å²) in [6.45, 7) is 1.40. The van der Waals surface area contributed by atoms with Crippen LogP contribution in [0.15, 0.2) is 30.3 Å². The van der Waals surface area contributed by atoms with Crippen molar-refractivity contribution in [2.75, 3.05) is 0 Å². The van der Waals surface area contributed by atoms with Gasteiger partial charge in [0.1, 0.15) is 5.52 Å². The molecule has 0 saturated carbocycles. The quantitative estimate of drug-likeness (QED) is 0.375. The molecule has 0 atom stereocenters. The average molecular weight is 280 g/mol. The Morgan fingerprint density at radius 2 is 1.45 bits per heavy atom. The number of aryl methyl sites for hydroxylation is 1. The molecular formula is C14H8F4N2. The zero-order chi connectivity index (χ0) is 14.4. The number of para-hydroxylation sites is 1. The van der Waals surface area contributed by atoms with E-state index in [0.29, 0.717) is 5.69 Å². The Morgan fingerprint density at radius 1 is 0.850 bits per heavy atom. The molecule has 0 saturated heterocycles. The molecular weight excluding hydrogens is 272 g/mol. The van der Waals surface area contributed by atoms with Crippen LogP contribution in [0.25, 0.3) is 16.6 Å². The topological polar surface area (TPSA) is 17.8 Å². The second-order valence-electron chi connectivity index (χ2n) is 4.31. The third-order valence-corrected chi connectivity index (χ3v) is 3.07. The van der Waals surface area contributed by atoms with Crippen molar-refractivity contribution in [2.24, 2.45) is 0 Å². The molecule has 0 fully saturated rings. The summed E-state index contributed by atoms with van der Waals surface area (Å²) >= 11 is 0. The molecule has 0 unspecified atom stereocenters. The molecule has 6 heteroatoms. The maximum atomic E-state index is 14.0. The second-order valence-corrected chi connectivity index (χ2v) is 4.31. The zero-order valence-corrected chi connectivity index (χ0v) is 10.3. The predicted octanol–water partition coefficient (Wildman–Crippen LogP) is 3.89. The monoisotopic (exact) mass is 280 g/mol. The van der Waals surface area contributed by atoms with E-state index in [1.807, 2.05) is 0 Å². The maximum Gasteiger partial charge on any atom is 0.199 e. The van der Waals surface area contributed by atoms with Crippen molar-refractivity contribution < 1.29 is 17.6 Å². The third-order valence-electron chi connectivity index (χ3n) is 3.07. The van der Waals surface area contributed by atoms with Crippen LogP contribution in [-0.2, 0) is 0 Å². The average Bonchev–Trinajstić information content (AvgIpc) is 2.81. The fraction of sp³-hybridized carbons (Fsp3) is 0.0714. The molecule has 2 aromatic carbocycles. The highest BCUT2D eigenvalue weighted by molar-refractivity contribution is 5.84. The minimum absolute atomic E-state index is 0.0825. The number of fused-ring (bicyclic) bond motifs is 1. The Morgan fingerprint density at radius 3 is 2.10 bits per heavy atom. The summed E-state index contributed by atoms with van der Waals surface area (Å²) in [5.74, 6) is -6.56. The fourth-order valence-corrected chi connectivity index (χ4v) is 2.16. The van der Waals surface area contributed by atoms with Crippen LogP contribution in [0, 0.1) is 30.2 Å². The number of rotatable bonds is 1. The van der Waals surface area contributed by atoms with Gasteiger partial charge in [-0.05, 0) is 19.1 Å². The number of hydrogen-bond acceptors (Lipinski definition) is 1. The van der Waals surface area contributed by atoms with Gasteiger partial charge in [0.25, 0.3) is 0 Å². The van der Waals surface area contributed by atoms with Gasteiger partial charge in [-0.25, -0.2) is 22.2 Å². The lowest BCUT2D eigenvalue weighted by Gasteiger charge is -2.05. The molecule has 0 N–H and O–H groups in total. The first-order valence-electron chi connectivity index (χ1n) is 5.79.